The minimum Gasteiger partial charge on any atom is -0.481 e. The van der Waals surface area contributed by atoms with Crippen molar-refractivity contribution in [1.82, 2.24) is 0 Å². The fourth-order valence-corrected chi connectivity index (χ4v) is 3.30. The Balaban J connectivity index is 4.06. The summed E-state index contributed by atoms with van der Waals surface area (Å²) >= 11 is 0. The van der Waals surface area contributed by atoms with Crippen LogP contribution in [0.25, 0.3) is 0 Å². The van der Waals surface area contributed by atoms with E-state index in [1.165, 1.54) is 77.0 Å². The van der Waals surface area contributed by atoms with Crippen molar-refractivity contribution in [2.24, 2.45) is 11.8 Å². The van der Waals surface area contributed by atoms with Crippen LogP contribution in [0.4, 0.5) is 0 Å². The zero-order chi connectivity index (χ0) is 16.6. The molecule has 0 rings (SSSR count). The first kappa shape index (κ1) is 21.5. The van der Waals surface area contributed by atoms with E-state index in [1.807, 2.05) is 6.92 Å². The van der Waals surface area contributed by atoms with Crippen molar-refractivity contribution < 1.29 is 9.90 Å². The first-order valence-electron chi connectivity index (χ1n) is 9.88. The molecule has 0 saturated heterocycles. The number of carbonyl (C=O) groups is 1. The van der Waals surface area contributed by atoms with Crippen molar-refractivity contribution in [2.45, 2.75) is 111 Å². The van der Waals surface area contributed by atoms with Gasteiger partial charge in [-0.05, 0) is 18.8 Å². The summed E-state index contributed by atoms with van der Waals surface area (Å²) in [6, 6.07) is 0. The van der Waals surface area contributed by atoms with E-state index in [4.69, 9.17) is 0 Å². The summed E-state index contributed by atoms with van der Waals surface area (Å²) in [6.45, 7) is 6.51. The van der Waals surface area contributed by atoms with Gasteiger partial charge in [-0.2, -0.15) is 0 Å². The second-order valence-corrected chi connectivity index (χ2v) is 6.95. The topological polar surface area (TPSA) is 37.3 Å². The van der Waals surface area contributed by atoms with Crippen molar-refractivity contribution >= 4 is 5.97 Å². The molecule has 0 aromatic heterocycles. The average Bonchev–Trinajstić information content (AvgIpc) is 2.51. The molecule has 132 valence electrons. The van der Waals surface area contributed by atoms with Gasteiger partial charge in [-0.25, -0.2) is 0 Å². The van der Waals surface area contributed by atoms with Gasteiger partial charge in [0.15, 0.2) is 0 Å². The summed E-state index contributed by atoms with van der Waals surface area (Å²) < 4.78 is 0. The van der Waals surface area contributed by atoms with Crippen LogP contribution in [0.15, 0.2) is 0 Å². The molecule has 2 nitrogen and oxygen atoms in total. The maximum Gasteiger partial charge on any atom is 0.306 e. The molecular formula is C20H40O2. The van der Waals surface area contributed by atoms with Crippen molar-refractivity contribution in [3.8, 4) is 0 Å². The quantitative estimate of drug-likeness (QED) is 0.317. The zero-order valence-electron chi connectivity index (χ0n) is 15.4. The molecule has 0 spiro atoms. The third-order valence-corrected chi connectivity index (χ3v) is 4.89. The first-order chi connectivity index (χ1) is 10.7. The first-order valence-corrected chi connectivity index (χ1v) is 9.88. The molecule has 0 aliphatic rings. The van der Waals surface area contributed by atoms with Crippen LogP contribution < -0.4 is 0 Å². The largest absolute Gasteiger partial charge is 0.481 e. The molecule has 1 unspecified atom stereocenters. The summed E-state index contributed by atoms with van der Waals surface area (Å²) in [5.74, 6) is -0.0932. The summed E-state index contributed by atoms with van der Waals surface area (Å²) in [5, 5.41) is 9.30. The molecule has 0 aromatic rings. The lowest BCUT2D eigenvalue weighted by atomic mass is 9.85. The van der Waals surface area contributed by atoms with Crippen LogP contribution in [-0.2, 0) is 4.79 Å². The molecule has 0 aliphatic carbocycles. The summed E-state index contributed by atoms with van der Waals surface area (Å²) in [6.07, 6.45) is 17.3. The van der Waals surface area contributed by atoms with E-state index in [9.17, 15) is 9.90 Å². The molecule has 0 bridgehead atoms. The maximum atomic E-state index is 11.3. The number of hydrogen-bond acceptors (Lipinski definition) is 1. The highest BCUT2D eigenvalue weighted by Gasteiger charge is 2.20. The van der Waals surface area contributed by atoms with Crippen LogP contribution >= 0.6 is 0 Å². The van der Waals surface area contributed by atoms with Crippen molar-refractivity contribution in [1.29, 1.82) is 0 Å². The van der Waals surface area contributed by atoms with Crippen LogP contribution in [-0.4, -0.2) is 11.1 Å². The highest BCUT2D eigenvalue weighted by molar-refractivity contribution is 5.69. The molecule has 0 radical (unpaired) electrons. The maximum absolute atomic E-state index is 11.3. The molecule has 0 saturated carbocycles. The van der Waals surface area contributed by atoms with E-state index in [1.54, 1.807) is 0 Å². The number of unbranched alkanes of at least 4 members (excludes halogenated alkanes) is 8. The van der Waals surface area contributed by atoms with Crippen molar-refractivity contribution in [3.63, 3.8) is 0 Å². The standard InChI is InChI=1S/C20H40O2/c1-4-7-9-11-12-14-16-18(15-13-10-8-5-2)17-19(6-3)20(21)22/h18-19H,4-17H2,1-3H3,(H,21,22)/t18?,19-/m1/s1. The van der Waals surface area contributed by atoms with Gasteiger partial charge in [0.25, 0.3) is 0 Å². The van der Waals surface area contributed by atoms with Gasteiger partial charge in [-0.3, -0.25) is 4.79 Å². The number of rotatable bonds is 16. The number of carboxylic acids is 1. The molecular weight excluding hydrogens is 272 g/mol. The van der Waals surface area contributed by atoms with E-state index in [2.05, 4.69) is 13.8 Å². The van der Waals surface area contributed by atoms with Crippen LogP contribution in [0.5, 0.6) is 0 Å². The fraction of sp³-hybridized carbons (Fsp3) is 0.950. The summed E-state index contributed by atoms with van der Waals surface area (Å²) in [5.41, 5.74) is 0. The van der Waals surface area contributed by atoms with Gasteiger partial charge in [0.05, 0.1) is 5.92 Å². The Bertz CT molecular complexity index is 250. The lowest BCUT2D eigenvalue weighted by Gasteiger charge is -2.20. The van der Waals surface area contributed by atoms with E-state index >= 15 is 0 Å². The minimum absolute atomic E-state index is 0.128. The molecule has 0 amide bonds. The Morgan fingerprint density at radius 2 is 1.23 bits per heavy atom. The monoisotopic (exact) mass is 312 g/mol. The Kier molecular flexibility index (Phi) is 15.0. The predicted molar refractivity (Wildman–Crippen MR) is 96.3 cm³/mol. The lowest BCUT2D eigenvalue weighted by Crippen LogP contribution is -2.17. The molecule has 0 heterocycles. The van der Waals surface area contributed by atoms with Gasteiger partial charge in [-0.15, -0.1) is 0 Å². The predicted octanol–water partition coefficient (Wildman–Crippen LogP) is 6.82. The SMILES string of the molecule is CCCCCCCCC(CCCCCC)C[C@@H](CC)C(=O)O. The third kappa shape index (κ3) is 12.1. The zero-order valence-corrected chi connectivity index (χ0v) is 15.4. The minimum atomic E-state index is -0.594. The highest BCUT2D eigenvalue weighted by Crippen LogP contribution is 2.26. The van der Waals surface area contributed by atoms with Gasteiger partial charge in [0, 0.05) is 0 Å². The summed E-state index contributed by atoms with van der Waals surface area (Å²) in [7, 11) is 0. The summed E-state index contributed by atoms with van der Waals surface area (Å²) in [4.78, 5) is 11.3. The van der Waals surface area contributed by atoms with Crippen LogP contribution in [0, 0.1) is 11.8 Å². The number of hydrogen-bond donors (Lipinski definition) is 1. The molecule has 0 aromatic carbocycles. The fourth-order valence-electron chi connectivity index (χ4n) is 3.30. The Morgan fingerprint density at radius 1 is 0.773 bits per heavy atom. The number of carboxylic acid groups (broad SMARTS) is 1. The van der Waals surface area contributed by atoms with Gasteiger partial charge in [0.2, 0.25) is 0 Å². The van der Waals surface area contributed by atoms with Crippen LogP contribution in [0.2, 0.25) is 0 Å². The second kappa shape index (κ2) is 15.4. The normalized spacial score (nSPS) is 14.0. The van der Waals surface area contributed by atoms with Crippen LogP contribution in [0.3, 0.4) is 0 Å². The van der Waals surface area contributed by atoms with Gasteiger partial charge < -0.3 is 5.11 Å². The smallest absolute Gasteiger partial charge is 0.306 e. The lowest BCUT2D eigenvalue weighted by molar-refractivity contribution is -0.142. The van der Waals surface area contributed by atoms with E-state index in [0.717, 1.165) is 12.8 Å². The van der Waals surface area contributed by atoms with Gasteiger partial charge >= 0.3 is 5.97 Å². The molecule has 2 heteroatoms. The van der Waals surface area contributed by atoms with Crippen molar-refractivity contribution in [2.75, 3.05) is 0 Å². The van der Waals surface area contributed by atoms with E-state index < -0.39 is 5.97 Å². The van der Waals surface area contributed by atoms with Crippen molar-refractivity contribution in [3.05, 3.63) is 0 Å². The molecule has 0 aliphatic heterocycles. The molecule has 1 N–H and O–H groups in total. The second-order valence-electron chi connectivity index (χ2n) is 6.95. The third-order valence-electron chi connectivity index (χ3n) is 4.89. The van der Waals surface area contributed by atoms with E-state index in [0.29, 0.717) is 5.92 Å². The average molecular weight is 313 g/mol. The Morgan fingerprint density at radius 3 is 1.68 bits per heavy atom. The van der Waals surface area contributed by atoms with E-state index in [-0.39, 0.29) is 5.92 Å². The molecule has 2 atom stereocenters. The van der Waals surface area contributed by atoms with Crippen LogP contribution in [0.1, 0.15) is 111 Å². The van der Waals surface area contributed by atoms with Gasteiger partial charge in [-0.1, -0.05) is 97.8 Å². The molecule has 0 fully saturated rings. The van der Waals surface area contributed by atoms with Gasteiger partial charge in [0.1, 0.15) is 0 Å². The Hall–Kier alpha value is -0.530. The Labute approximate surface area is 139 Å². The number of aliphatic carboxylic acids is 1. The highest BCUT2D eigenvalue weighted by atomic mass is 16.4. The molecule has 22 heavy (non-hydrogen) atoms.